The predicted molar refractivity (Wildman–Crippen MR) is 135 cm³/mol. The summed E-state index contributed by atoms with van der Waals surface area (Å²) in [7, 11) is 0. The van der Waals surface area contributed by atoms with Gasteiger partial charge in [0.1, 0.15) is 0 Å². The molecule has 1 heteroatoms. The second-order valence-corrected chi connectivity index (χ2v) is 8.24. The molecular weight excluding hydrogens is 386 g/mol. The molecule has 1 aromatic heterocycles. The Morgan fingerprint density at radius 2 is 1.03 bits per heavy atom. The van der Waals surface area contributed by atoms with Crippen molar-refractivity contribution in [3.05, 3.63) is 139 Å². The van der Waals surface area contributed by atoms with Gasteiger partial charge >= 0.3 is 0 Å². The molecule has 0 radical (unpaired) electrons. The van der Waals surface area contributed by atoms with Gasteiger partial charge in [-0.2, -0.15) is 0 Å². The van der Waals surface area contributed by atoms with Gasteiger partial charge in [-0.3, -0.25) is 0 Å². The summed E-state index contributed by atoms with van der Waals surface area (Å²) < 4.78 is 2.37. The number of hydrogen-bond acceptors (Lipinski definition) is 0. The highest BCUT2D eigenvalue weighted by Gasteiger charge is 2.11. The maximum atomic E-state index is 2.37. The minimum Gasteiger partial charge on any atom is -0.309 e. The third-order valence-corrected chi connectivity index (χ3v) is 6.27. The van der Waals surface area contributed by atoms with Crippen LogP contribution in [0.5, 0.6) is 0 Å². The molecule has 0 atom stereocenters. The average Bonchev–Trinajstić information content (AvgIpc) is 3.20. The van der Waals surface area contributed by atoms with E-state index in [1.165, 1.54) is 49.7 Å². The molecule has 0 bridgehead atoms. The second-order valence-electron chi connectivity index (χ2n) is 8.24. The van der Waals surface area contributed by atoms with Gasteiger partial charge in [-0.1, -0.05) is 103 Å². The highest BCUT2D eigenvalue weighted by atomic mass is 15.0. The Kier molecular flexibility index (Phi) is 4.58. The fraction of sp³-hybridized carbons (Fsp3) is 0.0323. The number of hydrogen-bond donors (Lipinski definition) is 0. The summed E-state index contributed by atoms with van der Waals surface area (Å²) in [4.78, 5) is 0. The highest BCUT2D eigenvalue weighted by molar-refractivity contribution is 6.09. The Hall–Kier alpha value is -4.10. The van der Waals surface area contributed by atoms with Crippen LogP contribution in [0.3, 0.4) is 0 Å². The molecule has 0 saturated heterocycles. The van der Waals surface area contributed by atoms with Gasteiger partial charge in [0.2, 0.25) is 0 Å². The maximum absolute atomic E-state index is 2.37. The minimum absolute atomic E-state index is 0.915. The van der Waals surface area contributed by atoms with Crippen molar-refractivity contribution in [3.8, 4) is 16.8 Å². The zero-order chi connectivity index (χ0) is 21.3. The summed E-state index contributed by atoms with van der Waals surface area (Å²) in [6.07, 6.45) is 0.915. The zero-order valence-electron chi connectivity index (χ0n) is 17.8. The molecule has 1 nitrogen and oxygen atoms in total. The van der Waals surface area contributed by atoms with E-state index in [0.29, 0.717) is 0 Å². The van der Waals surface area contributed by atoms with E-state index < -0.39 is 0 Å². The average molecular weight is 410 g/mol. The van der Waals surface area contributed by atoms with Crippen molar-refractivity contribution in [1.82, 2.24) is 4.57 Å². The Morgan fingerprint density at radius 1 is 0.469 bits per heavy atom. The molecule has 6 aromatic rings. The predicted octanol–water partition coefficient (Wildman–Crippen LogP) is 8.04. The Balaban J connectivity index is 1.39. The van der Waals surface area contributed by atoms with Crippen molar-refractivity contribution in [2.45, 2.75) is 6.42 Å². The van der Waals surface area contributed by atoms with E-state index in [-0.39, 0.29) is 0 Å². The molecule has 32 heavy (non-hydrogen) atoms. The molecule has 6 rings (SSSR count). The summed E-state index contributed by atoms with van der Waals surface area (Å²) >= 11 is 0. The number of benzene rings is 5. The van der Waals surface area contributed by atoms with Gasteiger partial charge in [0.15, 0.2) is 0 Å². The van der Waals surface area contributed by atoms with Gasteiger partial charge in [-0.15, -0.1) is 0 Å². The quantitative estimate of drug-likeness (QED) is 0.278. The number of rotatable bonds is 4. The fourth-order valence-corrected chi connectivity index (χ4v) is 4.76. The third kappa shape index (κ3) is 3.19. The molecule has 0 aliphatic heterocycles. The summed E-state index contributed by atoms with van der Waals surface area (Å²) in [5.41, 5.74) is 8.93. The third-order valence-electron chi connectivity index (χ3n) is 6.27. The lowest BCUT2D eigenvalue weighted by molar-refractivity contribution is 1.15. The van der Waals surface area contributed by atoms with Gasteiger partial charge in [0.25, 0.3) is 0 Å². The largest absolute Gasteiger partial charge is 0.309 e. The van der Waals surface area contributed by atoms with Crippen LogP contribution in [0.4, 0.5) is 0 Å². The normalized spacial score (nSPS) is 11.2. The van der Waals surface area contributed by atoms with Crippen molar-refractivity contribution in [2.24, 2.45) is 0 Å². The fourth-order valence-electron chi connectivity index (χ4n) is 4.76. The van der Waals surface area contributed by atoms with E-state index in [0.717, 1.165) is 6.42 Å². The number of nitrogens with zero attached hydrogens (tertiary/aromatic N) is 1. The van der Waals surface area contributed by atoms with Crippen LogP contribution in [0.2, 0.25) is 0 Å². The van der Waals surface area contributed by atoms with E-state index >= 15 is 0 Å². The molecule has 152 valence electrons. The molecule has 0 aliphatic rings. The van der Waals surface area contributed by atoms with Gasteiger partial charge in [-0.25, -0.2) is 0 Å². The first-order valence-electron chi connectivity index (χ1n) is 11.1. The molecule has 0 amide bonds. The van der Waals surface area contributed by atoms with E-state index in [4.69, 9.17) is 0 Å². The molecule has 5 aromatic carbocycles. The second kappa shape index (κ2) is 7.86. The smallest absolute Gasteiger partial charge is 0.0541 e. The van der Waals surface area contributed by atoms with Crippen molar-refractivity contribution in [2.75, 3.05) is 0 Å². The van der Waals surface area contributed by atoms with E-state index in [1.807, 2.05) is 0 Å². The molecule has 1 heterocycles. The Bertz CT molecular complexity index is 1470. The van der Waals surface area contributed by atoms with Crippen LogP contribution in [-0.2, 0) is 6.42 Å². The SMILES string of the molecule is c1ccc(-c2ccccc2Cc2ccc(-n3c4ccccc4c4ccccc43)cc2)cc1. The van der Waals surface area contributed by atoms with Crippen molar-refractivity contribution < 1.29 is 0 Å². The van der Waals surface area contributed by atoms with E-state index in [9.17, 15) is 0 Å². The lowest BCUT2D eigenvalue weighted by Crippen LogP contribution is -1.96. The molecule has 0 spiro atoms. The van der Waals surface area contributed by atoms with Gasteiger partial charge in [-0.05, 0) is 52.9 Å². The van der Waals surface area contributed by atoms with Gasteiger partial charge < -0.3 is 4.57 Å². The lowest BCUT2D eigenvalue weighted by Gasteiger charge is -2.12. The van der Waals surface area contributed by atoms with Crippen LogP contribution in [-0.4, -0.2) is 4.57 Å². The minimum atomic E-state index is 0.915. The van der Waals surface area contributed by atoms with Gasteiger partial charge in [0, 0.05) is 16.5 Å². The van der Waals surface area contributed by atoms with Crippen LogP contribution >= 0.6 is 0 Å². The maximum Gasteiger partial charge on any atom is 0.0541 e. The molecule has 0 unspecified atom stereocenters. The lowest BCUT2D eigenvalue weighted by atomic mass is 9.95. The van der Waals surface area contributed by atoms with Crippen LogP contribution in [0.1, 0.15) is 11.1 Å². The Labute approximate surface area is 188 Å². The highest BCUT2D eigenvalue weighted by Crippen LogP contribution is 2.32. The monoisotopic (exact) mass is 409 g/mol. The van der Waals surface area contributed by atoms with E-state index in [1.54, 1.807) is 0 Å². The van der Waals surface area contributed by atoms with Crippen molar-refractivity contribution in [3.63, 3.8) is 0 Å². The zero-order valence-corrected chi connectivity index (χ0v) is 17.8. The van der Waals surface area contributed by atoms with Crippen LogP contribution in [0, 0.1) is 0 Å². The summed E-state index contributed by atoms with van der Waals surface area (Å²) in [5, 5.41) is 2.59. The van der Waals surface area contributed by atoms with E-state index in [2.05, 4.69) is 132 Å². The van der Waals surface area contributed by atoms with Gasteiger partial charge in [0.05, 0.1) is 11.0 Å². The molecular formula is C31H23N. The summed E-state index contributed by atoms with van der Waals surface area (Å²) in [5.74, 6) is 0. The first-order valence-corrected chi connectivity index (χ1v) is 11.1. The summed E-state index contributed by atoms with van der Waals surface area (Å²) in [6.45, 7) is 0. The molecule has 0 fully saturated rings. The Morgan fingerprint density at radius 3 is 1.72 bits per heavy atom. The number of fused-ring (bicyclic) bond motifs is 3. The van der Waals surface area contributed by atoms with Crippen molar-refractivity contribution in [1.29, 1.82) is 0 Å². The number of para-hydroxylation sites is 2. The van der Waals surface area contributed by atoms with Crippen molar-refractivity contribution >= 4 is 21.8 Å². The van der Waals surface area contributed by atoms with Crippen LogP contribution in [0.25, 0.3) is 38.6 Å². The van der Waals surface area contributed by atoms with Crippen LogP contribution in [0.15, 0.2) is 127 Å². The summed E-state index contributed by atoms with van der Waals surface area (Å²) in [6, 6.07) is 45.7. The molecule has 0 aliphatic carbocycles. The molecule has 0 N–H and O–H groups in total. The topological polar surface area (TPSA) is 4.93 Å². The first kappa shape index (κ1) is 18.7. The first-order chi connectivity index (χ1) is 15.9. The standard InChI is InChI=1S/C31H23N/c1-2-10-24(11-3-1)27-13-5-4-12-25(27)22-23-18-20-26(21-19-23)32-30-16-8-6-14-28(30)29-15-7-9-17-31(29)32/h1-21H,22H2. The number of aromatic nitrogens is 1. The van der Waals surface area contributed by atoms with Crippen LogP contribution < -0.4 is 0 Å². The molecule has 0 saturated carbocycles.